The molecule has 0 bridgehead atoms. The van der Waals surface area contributed by atoms with Gasteiger partial charge in [-0.05, 0) is 43.2 Å². The van der Waals surface area contributed by atoms with Gasteiger partial charge in [-0.2, -0.15) is 0 Å². The van der Waals surface area contributed by atoms with Crippen molar-refractivity contribution < 1.29 is 14.6 Å². The van der Waals surface area contributed by atoms with E-state index in [1.165, 1.54) is 0 Å². The Kier molecular flexibility index (Phi) is 4.47. The average Bonchev–Trinajstić information content (AvgIpc) is 3.06. The quantitative estimate of drug-likeness (QED) is 0.872. The molecule has 142 valence electrons. The van der Waals surface area contributed by atoms with Gasteiger partial charge in [0, 0.05) is 32.1 Å². The summed E-state index contributed by atoms with van der Waals surface area (Å²) >= 11 is 0. The SMILES string of the molecule is CC(=O)N1C[C@@H]2[C@@H](C1)OCCN2c1ccc(-c2c(C)cc(C)cc2O)nn1. The molecule has 3 heterocycles. The molecule has 0 saturated carbocycles. The first-order valence-electron chi connectivity index (χ1n) is 9.22. The summed E-state index contributed by atoms with van der Waals surface area (Å²) in [5.41, 5.74) is 3.33. The molecule has 7 nitrogen and oxygen atoms in total. The van der Waals surface area contributed by atoms with E-state index in [9.17, 15) is 9.90 Å². The van der Waals surface area contributed by atoms with Crippen LogP contribution in [0.25, 0.3) is 11.3 Å². The van der Waals surface area contributed by atoms with E-state index in [1.807, 2.05) is 36.9 Å². The number of rotatable bonds is 2. The van der Waals surface area contributed by atoms with Crippen LogP contribution in [0.5, 0.6) is 5.75 Å². The van der Waals surface area contributed by atoms with Gasteiger partial charge >= 0.3 is 0 Å². The van der Waals surface area contributed by atoms with Crippen LogP contribution < -0.4 is 4.90 Å². The highest BCUT2D eigenvalue weighted by Gasteiger charge is 2.41. The van der Waals surface area contributed by atoms with Crippen LogP contribution in [-0.2, 0) is 9.53 Å². The van der Waals surface area contributed by atoms with Gasteiger partial charge in [-0.25, -0.2) is 0 Å². The van der Waals surface area contributed by atoms with Crippen LogP contribution in [0, 0.1) is 13.8 Å². The van der Waals surface area contributed by atoms with Crippen LogP contribution in [-0.4, -0.2) is 64.5 Å². The van der Waals surface area contributed by atoms with E-state index >= 15 is 0 Å². The number of anilines is 1. The molecule has 2 aromatic rings. The summed E-state index contributed by atoms with van der Waals surface area (Å²) in [5, 5.41) is 19.1. The Morgan fingerprint density at radius 2 is 2.04 bits per heavy atom. The number of hydrogen-bond acceptors (Lipinski definition) is 6. The second-order valence-electron chi connectivity index (χ2n) is 7.35. The number of carbonyl (C=O) groups is 1. The van der Waals surface area contributed by atoms with Crippen LogP contribution in [0.15, 0.2) is 24.3 Å². The second kappa shape index (κ2) is 6.81. The summed E-state index contributed by atoms with van der Waals surface area (Å²) in [6.07, 6.45) is 0.00696. The summed E-state index contributed by atoms with van der Waals surface area (Å²) in [7, 11) is 0. The van der Waals surface area contributed by atoms with Crippen molar-refractivity contribution >= 4 is 11.7 Å². The third-order valence-electron chi connectivity index (χ3n) is 5.41. The molecule has 1 aromatic heterocycles. The molecule has 7 heteroatoms. The number of aryl methyl sites for hydroxylation is 2. The fourth-order valence-electron chi connectivity index (χ4n) is 4.12. The molecule has 1 amide bonds. The highest BCUT2D eigenvalue weighted by atomic mass is 16.5. The first-order valence-corrected chi connectivity index (χ1v) is 9.22. The van der Waals surface area contributed by atoms with Crippen molar-refractivity contribution in [2.45, 2.75) is 32.9 Å². The molecule has 2 aliphatic heterocycles. The molecule has 2 aliphatic rings. The fourth-order valence-corrected chi connectivity index (χ4v) is 4.12. The number of morpholine rings is 1. The Hall–Kier alpha value is -2.67. The Bertz CT molecular complexity index is 845. The second-order valence-corrected chi connectivity index (χ2v) is 7.35. The van der Waals surface area contributed by atoms with E-state index in [1.54, 1.807) is 13.0 Å². The van der Waals surface area contributed by atoms with Crippen molar-refractivity contribution in [1.82, 2.24) is 15.1 Å². The minimum Gasteiger partial charge on any atom is -0.507 e. The number of fused-ring (bicyclic) bond motifs is 1. The predicted molar refractivity (Wildman–Crippen MR) is 102 cm³/mol. The molecule has 4 rings (SSSR count). The van der Waals surface area contributed by atoms with E-state index in [4.69, 9.17) is 4.74 Å². The Morgan fingerprint density at radius 3 is 2.70 bits per heavy atom. The number of hydrogen-bond donors (Lipinski definition) is 1. The maximum absolute atomic E-state index is 11.7. The van der Waals surface area contributed by atoms with Gasteiger partial charge in [-0.3, -0.25) is 4.79 Å². The zero-order valence-corrected chi connectivity index (χ0v) is 15.8. The lowest BCUT2D eigenvalue weighted by molar-refractivity contribution is -0.128. The maximum atomic E-state index is 11.7. The molecule has 1 aromatic carbocycles. The summed E-state index contributed by atoms with van der Waals surface area (Å²) in [6.45, 7) is 8.08. The molecule has 0 radical (unpaired) electrons. The molecule has 2 saturated heterocycles. The number of phenolic OH excluding ortho intramolecular Hbond substituents is 1. The highest BCUT2D eigenvalue weighted by Crippen LogP contribution is 2.33. The monoisotopic (exact) mass is 368 g/mol. The van der Waals surface area contributed by atoms with Gasteiger partial charge in [-0.1, -0.05) is 6.07 Å². The van der Waals surface area contributed by atoms with Crippen molar-refractivity contribution in [3.8, 4) is 17.0 Å². The lowest BCUT2D eigenvalue weighted by Crippen LogP contribution is -2.51. The summed E-state index contributed by atoms with van der Waals surface area (Å²) in [6, 6.07) is 7.67. The molecule has 2 fully saturated rings. The zero-order chi connectivity index (χ0) is 19.1. The van der Waals surface area contributed by atoms with E-state index in [0.717, 1.165) is 23.5 Å². The van der Waals surface area contributed by atoms with Gasteiger partial charge in [-0.15, -0.1) is 10.2 Å². The van der Waals surface area contributed by atoms with Crippen molar-refractivity contribution in [3.63, 3.8) is 0 Å². The normalized spacial score (nSPS) is 22.0. The number of carbonyl (C=O) groups excluding carboxylic acids is 1. The Morgan fingerprint density at radius 1 is 1.22 bits per heavy atom. The van der Waals surface area contributed by atoms with Gasteiger partial charge < -0.3 is 19.6 Å². The lowest BCUT2D eigenvalue weighted by Gasteiger charge is -2.37. The summed E-state index contributed by atoms with van der Waals surface area (Å²) in [4.78, 5) is 15.7. The fraction of sp³-hybridized carbons (Fsp3) is 0.450. The van der Waals surface area contributed by atoms with Crippen LogP contribution in [0.2, 0.25) is 0 Å². The van der Waals surface area contributed by atoms with Crippen LogP contribution in [0.4, 0.5) is 5.82 Å². The third-order valence-corrected chi connectivity index (χ3v) is 5.41. The molecule has 27 heavy (non-hydrogen) atoms. The first kappa shape index (κ1) is 17.7. The maximum Gasteiger partial charge on any atom is 0.219 e. The molecule has 0 spiro atoms. The number of likely N-dealkylation sites (tertiary alicyclic amines) is 1. The van der Waals surface area contributed by atoms with E-state index in [2.05, 4.69) is 15.1 Å². The van der Waals surface area contributed by atoms with Gasteiger partial charge in [0.15, 0.2) is 5.82 Å². The Balaban J connectivity index is 1.60. The van der Waals surface area contributed by atoms with E-state index < -0.39 is 0 Å². The largest absolute Gasteiger partial charge is 0.507 e. The Labute approximate surface area is 158 Å². The number of aromatic hydroxyl groups is 1. The zero-order valence-electron chi connectivity index (χ0n) is 15.8. The molecular formula is C20H24N4O3. The molecular weight excluding hydrogens is 344 g/mol. The van der Waals surface area contributed by atoms with Gasteiger partial charge in [0.1, 0.15) is 5.75 Å². The first-order chi connectivity index (χ1) is 12.9. The van der Waals surface area contributed by atoms with E-state index in [0.29, 0.717) is 31.0 Å². The van der Waals surface area contributed by atoms with Crippen molar-refractivity contribution in [2.24, 2.45) is 0 Å². The number of aromatic nitrogens is 2. The summed E-state index contributed by atoms with van der Waals surface area (Å²) < 4.78 is 5.85. The summed E-state index contributed by atoms with van der Waals surface area (Å²) in [5.74, 6) is 1.06. The van der Waals surface area contributed by atoms with Gasteiger partial charge in [0.25, 0.3) is 0 Å². The minimum atomic E-state index is 0.00696. The van der Waals surface area contributed by atoms with Crippen molar-refractivity contribution in [1.29, 1.82) is 0 Å². The van der Waals surface area contributed by atoms with Gasteiger partial charge in [0.2, 0.25) is 5.91 Å². The predicted octanol–water partition coefficient (Wildman–Crippen LogP) is 1.90. The number of amides is 1. The number of phenols is 1. The smallest absolute Gasteiger partial charge is 0.219 e. The van der Waals surface area contributed by atoms with Crippen LogP contribution >= 0.6 is 0 Å². The lowest BCUT2D eigenvalue weighted by atomic mass is 10.0. The van der Waals surface area contributed by atoms with Gasteiger partial charge in [0.05, 0.1) is 24.4 Å². The average molecular weight is 368 g/mol. The standard InChI is InChI=1S/C20H24N4O3/c1-12-8-13(2)20(17(26)9-12)15-4-5-19(22-21-15)24-6-7-27-18-11-23(14(3)25)10-16(18)24/h4-5,8-9,16,18,26H,6-7,10-11H2,1-3H3/t16-,18-/m1/s1. The molecule has 2 atom stereocenters. The van der Waals surface area contributed by atoms with Crippen molar-refractivity contribution in [2.75, 3.05) is 31.1 Å². The van der Waals surface area contributed by atoms with Crippen LogP contribution in [0.1, 0.15) is 18.1 Å². The highest BCUT2D eigenvalue weighted by molar-refractivity contribution is 5.74. The molecule has 1 N–H and O–H groups in total. The number of nitrogens with zero attached hydrogens (tertiary/aromatic N) is 4. The molecule has 0 aliphatic carbocycles. The van der Waals surface area contributed by atoms with Crippen molar-refractivity contribution in [3.05, 3.63) is 35.4 Å². The molecule has 0 unspecified atom stereocenters. The topological polar surface area (TPSA) is 78.8 Å². The third kappa shape index (κ3) is 3.23. The van der Waals surface area contributed by atoms with E-state index in [-0.39, 0.29) is 23.8 Å². The number of ether oxygens (including phenoxy) is 1. The number of benzene rings is 1. The van der Waals surface area contributed by atoms with Crippen LogP contribution in [0.3, 0.4) is 0 Å². The minimum absolute atomic E-state index is 0.00696.